The summed E-state index contributed by atoms with van der Waals surface area (Å²) in [6.07, 6.45) is 3.18. The van der Waals surface area contributed by atoms with Crippen molar-refractivity contribution in [3.05, 3.63) is 0 Å². The molecule has 0 saturated carbocycles. The lowest BCUT2D eigenvalue weighted by Crippen LogP contribution is -2.21. The van der Waals surface area contributed by atoms with Gasteiger partial charge in [0.05, 0.1) is 5.92 Å². The molecule has 1 heterocycles. The fourth-order valence-corrected chi connectivity index (χ4v) is 1.24. The highest BCUT2D eigenvalue weighted by atomic mass is 16.2. The van der Waals surface area contributed by atoms with Crippen molar-refractivity contribution in [1.29, 1.82) is 0 Å². The average Bonchev–Trinajstić information content (AvgIpc) is 2.29. The van der Waals surface area contributed by atoms with E-state index < -0.39 is 0 Å². The molecule has 0 fully saturated rings. The van der Waals surface area contributed by atoms with E-state index >= 15 is 0 Å². The summed E-state index contributed by atoms with van der Waals surface area (Å²) in [5.74, 6) is 0.117. The molecular weight excluding hydrogens is 140 g/mol. The number of nitrogens with one attached hydrogen (secondary N) is 1. The molecule has 1 aliphatic rings. The number of unbranched alkanes of at least 4 members (excludes halogenated alkanes) is 1. The molecule has 3 nitrogen and oxygen atoms in total. The predicted octanol–water partition coefficient (Wildman–Crippen LogP) is 1.30. The third-order valence-corrected chi connectivity index (χ3v) is 2.01. The Morgan fingerprint density at radius 3 is 2.82 bits per heavy atom. The molecule has 11 heavy (non-hydrogen) atoms. The Kier molecular flexibility index (Phi) is 2.63. The summed E-state index contributed by atoms with van der Waals surface area (Å²) in [7, 11) is 0. The minimum absolute atomic E-state index is 0.0509. The molecule has 1 aliphatic heterocycles. The number of carbonyl (C=O) groups is 1. The van der Waals surface area contributed by atoms with E-state index in [4.69, 9.17) is 0 Å². The summed E-state index contributed by atoms with van der Waals surface area (Å²) < 4.78 is 0. The standard InChI is InChI=1S/C8H14N2O/c1-3-4-5-7-6(2)9-10-8(7)11/h7H,3-5H2,1-2H3,(H,10,11)/t7-/m0/s1. The van der Waals surface area contributed by atoms with E-state index in [1.54, 1.807) is 0 Å². The Labute approximate surface area is 66.9 Å². The summed E-state index contributed by atoms with van der Waals surface area (Å²) >= 11 is 0. The van der Waals surface area contributed by atoms with E-state index in [1.807, 2.05) is 6.92 Å². The van der Waals surface area contributed by atoms with Crippen LogP contribution in [0.25, 0.3) is 0 Å². The molecule has 1 amide bonds. The quantitative estimate of drug-likeness (QED) is 0.654. The monoisotopic (exact) mass is 154 g/mol. The van der Waals surface area contributed by atoms with E-state index in [1.165, 1.54) is 0 Å². The number of amides is 1. The molecule has 0 bridgehead atoms. The molecule has 3 heteroatoms. The van der Waals surface area contributed by atoms with Gasteiger partial charge in [0.2, 0.25) is 5.91 Å². The Hall–Kier alpha value is -0.860. The number of hydrogen-bond donors (Lipinski definition) is 1. The topological polar surface area (TPSA) is 41.5 Å². The highest BCUT2D eigenvalue weighted by Crippen LogP contribution is 2.14. The average molecular weight is 154 g/mol. The van der Waals surface area contributed by atoms with Gasteiger partial charge in [-0.1, -0.05) is 19.8 Å². The Morgan fingerprint density at radius 2 is 2.36 bits per heavy atom. The zero-order valence-electron chi connectivity index (χ0n) is 7.05. The van der Waals surface area contributed by atoms with Crippen LogP contribution in [0.2, 0.25) is 0 Å². The fraction of sp³-hybridized carbons (Fsp3) is 0.750. The minimum Gasteiger partial charge on any atom is -0.272 e. The Balaban J connectivity index is 2.43. The molecule has 0 saturated heterocycles. The number of hydrogen-bond acceptors (Lipinski definition) is 2. The van der Waals surface area contributed by atoms with Gasteiger partial charge in [-0.15, -0.1) is 0 Å². The van der Waals surface area contributed by atoms with Crippen molar-refractivity contribution in [3.8, 4) is 0 Å². The lowest BCUT2D eigenvalue weighted by molar-refractivity contribution is -0.122. The minimum atomic E-state index is 0.0509. The third-order valence-electron chi connectivity index (χ3n) is 2.01. The lowest BCUT2D eigenvalue weighted by Gasteiger charge is -2.04. The number of hydrazone groups is 1. The number of carbonyl (C=O) groups excluding carboxylic acids is 1. The zero-order chi connectivity index (χ0) is 8.27. The van der Waals surface area contributed by atoms with Gasteiger partial charge >= 0.3 is 0 Å². The first kappa shape index (κ1) is 8.24. The maximum atomic E-state index is 11.1. The second-order valence-electron chi connectivity index (χ2n) is 2.92. The summed E-state index contributed by atoms with van der Waals surface area (Å²) in [5, 5.41) is 3.87. The van der Waals surface area contributed by atoms with Gasteiger partial charge in [0, 0.05) is 5.71 Å². The van der Waals surface area contributed by atoms with E-state index in [0.29, 0.717) is 0 Å². The molecule has 0 aromatic heterocycles. The van der Waals surface area contributed by atoms with E-state index in [9.17, 15) is 4.79 Å². The maximum absolute atomic E-state index is 11.1. The largest absolute Gasteiger partial charge is 0.272 e. The second-order valence-corrected chi connectivity index (χ2v) is 2.92. The van der Waals surface area contributed by atoms with Crippen molar-refractivity contribution < 1.29 is 4.79 Å². The highest BCUT2D eigenvalue weighted by Gasteiger charge is 2.25. The van der Waals surface area contributed by atoms with Crippen LogP contribution in [-0.2, 0) is 4.79 Å². The predicted molar refractivity (Wildman–Crippen MR) is 44.3 cm³/mol. The van der Waals surface area contributed by atoms with E-state index in [2.05, 4.69) is 17.5 Å². The van der Waals surface area contributed by atoms with Gasteiger partial charge in [-0.25, -0.2) is 5.43 Å². The first-order valence-electron chi connectivity index (χ1n) is 4.09. The van der Waals surface area contributed by atoms with Crippen LogP contribution in [0.5, 0.6) is 0 Å². The molecule has 1 N–H and O–H groups in total. The Bertz CT molecular complexity index is 187. The lowest BCUT2D eigenvalue weighted by atomic mass is 9.98. The molecule has 0 spiro atoms. The third kappa shape index (κ3) is 1.79. The molecule has 0 aliphatic carbocycles. The molecule has 0 aromatic rings. The first-order valence-corrected chi connectivity index (χ1v) is 4.09. The summed E-state index contributed by atoms with van der Waals surface area (Å²) in [5.41, 5.74) is 3.41. The van der Waals surface area contributed by atoms with Crippen LogP contribution in [0.1, 0.15) is 33.1 Å². The number of rotatable bonds is 3. The van der Waals surface area contributed by atoms with Crippen molar-refractivity contribution >= 4 is 11.6 Å². The van der Waals surface area contributed by atoms with Crippen LogP contribution in [0, 0.1) is 5.92 Å². The van der Waals surface area contributed by atoms with Gasteiger partial charge in [-0.2, -0.15) is 5.10 Å². The Morgan fingerprint density at radius 1 is 1.64 bits per heavy atom. The summed E-state index contributed by atoms with van der Waals surface area (Å²) in [6.45, 7) is 4.03. The van der Waals surface area contributed by atoms with E-state index in [0.717, 1.165) is 25.0 Å². The van der Waals surface area contributed by atoms with Crippen LogP contribution in [-0.4, -0.2) is 11.6 Å². The highest BCUT2D eigenvalue weighted by molar-refractivity contribution is 6.06. The van der Waals surface area contributed by atoms with Crippen molar-refractivity contribution in [2.75, 3.05) is 0 Å². The van der Waals surface area contributed by atoms with Gasteiger partial charge in [-0.3, -0.25) is 4.79 Å². The van der Waals surface area contributed by atoms with Crippen molar-refractivity contribution in [2.45, 2.75) is 33.1 Å². The molecule has 0 unspecified atom stereocenters. The molecule has 1 rings (SSSR count). The normalized spacial score (nSPS) is 23.3. The van der Waals surface area contributed by atoms with Crippen molar-refractivity contribution in [1.82, 2.24) is 5.43 Å². The SMILES string of the molecule is CCCC[C@@H]1C(=O)NN=C1C. The van der Waals surface area contributed by atoms with Crippen LogP contribution < -0.4 is 5.43 Å². The van der Waals surface area contributed by atoms with Gasteiger partial charge in [0.15, 0.2) is 0 Å². The molecule has 1 atom stereocenters. The smallest absolute Gasteiger partial charge is 0.248 e. The van der Waals surface area contributed by atoms with Crippen LogP contribution >= 0.6 is 0 Å². The molecule has 0 radical (unpaired) electrons. The zero-order valence-corrected chi connectivity index (χ0v) is 7.05. The van der Waals surface area contributed by atoms with Gasteiger partial charge < -0.3 is 0 Å². The molecule has 62 valence electrons. The van der Waals surface area contributed by atoms with Gasteiger partial charge in [-0.05, 0) is 13.3 Å². The number of nitrogens with zero attached hydrogens (tertiary/aromatic N) is 1. The van der Waals surface area contributed by atoms with Gasteiger partial charge in [0.25, 0.3) is 0 Å². The summed E-state index contributed by atoms with van der Waals surface area (Å²) in [6, 6.07) is 0. The van der Waals surface area contributed by atoms with Crippen LogP contribution in [0.15, 0.2) is 5.10 Å². The van der Waals surface area contributed by atoms with E-state index in [-0.39, 0.29) is 11.8 Å². The fourth-order valence-electron chi connectivity index (χ4n) is 1.24. The second kappa shape index (κ2) is 3.51. The molecular formula is C8H14N2O. The van der Waals surface area contributed by atoms with Crippen molar-refractivity contribution in [3.63, 3.8) is 0 Å². The maximum Gasteiger partial charge on any atom is 0.248 e. The van der Waals surface area contributed by atoms with Crippen LogP contribution in [0.3, 0.4) is 0 Å². The first-order chi connectivity index (χ1) is 5.25. The van der Waals surface area contributed by atoms with Crippen molar-refractivity contribution in [2.24, 2.45) is 11.0 Å². The van der Waals surface area contributed by atoms with Crippen LogP contribution in [0.4, 0.5) is 0 Å². The van der Waals surface area contributed by atoms with Gasteiger partial charge in [0.1, 0.15) is 0 Å². The summed E-state index contributed by atoms with van der Waals surface area (Å²) in [4.78, 5) is 11.1. The molecule has 0 aromatic carbocycles.